The second kappa shape index (κ2) is 8.13. The standard InChI is InChI=1S/C23H18F3N3O3S/c1-13-8-20-21(11-18(13)23(24,25)26)29-22(30)12-19(28-20)16-6-2-4-14(9-16)15-5-3-7-17(10-15)33(27,31)32/h2-11H,12H2,1H3,(H,29,30)(H2,27,31,32). The van der Waals surface area contributed by atoms with Crippen molar-refractivity contribution in [3.8, 4) is 11.1 Å². The molecule has 1 aliphatic heterocycles. The van der Waals surface area contributed by atoms with E-state index in [0.717, 1.165) is 6.07 Å². The van der Waals surface area contributed by atoms with Gasteiger partial charge in [-0.25, -0.2) is 13.6 Å². The SMILES string of the molecule is Cc1cc2c(cc1C(F)(F)F)NC(=O)CC(c1cccc(-c3cccc(S(N)(=O)=O)c3)c1)=N2. The summed E-state index contributed by atoms with van der Waals surface area (Å²) in [7, 11) is -3.88. The lowest BCUT2D eigenvalue weighted by atomic mass is 9.99. The van der Waals surface area contributed by atoms with Crippen LogP contribution in [0.1, 0.15) is 23.1 Å². The van der Waals surface area contributed by atoms with E-state index >= 15 is 0 Å². The molecular weight excluding hydrogens is 455 g/mol. The Labute approximate surface area is 188 Å². The number of anilines is 1. The first-order valence-corrected chi connectivity index (χ1v) is 11.3. The summed E-state index contributed by atoms with van der Waals surface area (Å²) in [6.07, 6.45) is -4.70. The number of rotatable bonds is 3. The average molecular weight is 473 g/mol. The smallest absolute Gasteiger partial charge is 0.324 e. The summed E-state index contributed by atoms with van der Waals surface area (Å²) in [5.74, 6) is -0.494. The third kappa shape index (κ3) is 4.81. The largest absolute Gasteiger partial charge is 0.416 e. The van der Waals surface area contributed by atoms with Crippen LogP contribution in [0.4, 0.5) is 24.5 Å². The number of alkyl halides is 3. The van der Waals surface area contributed by atoms with Gasteiger partial charge in [-0.3, -0.25) is 9.79 Å². The lowest BCUT2D eigenvalue weighted by Crippen LogP contribution is -2.15. The summed E-state index contributed by atoms with van der Waals surface area (Å²) in [6.45, 7) is 1.34. The maximum absolute atomic E-state index is 13.3. The van der Waals surface area contributed by atoms with E-state index in [4.69, 9.17) is 5.14 Å². The highest BCUT2D eigenvalue weighted by atomic mass is 32.2. The first-order valence-electron chi connectivity index (χ1n) is 9.75. The number of aliphatic imine (C=N–C) groups is 1. The topological polar surface area (TPSA) is 102 Å². The molecule has 0 atom stereocenters. The van der Waals surface area contributed by atoms with Crippen LogP contribution in [-0.2, 0) is 21.0 Å². The Morgan fingerprint density at radius 3 is 2.27 bits per heavy atom. The molecule has 0 spiro atoms. The van der Waals surface area contributed by atoms with Crippen molar-refractivity contribution < 1.29 is 26.4 Å². The summed E-state index contributed by atoms with van der Waals surface area (Å²) in [6, 6.07) is 15.2. The van der Waals surface area contributed by atoms with Gasteiger partial charge in [0.15, 0.2) is 0 Å². The molecule has 0 unspecified atom stereocenters. The molecule has 0 aliphatic carbocycles. The van der Waals surface area contributed by atoms with Crippen molar-refractivity contribution in [2.75, 3.05) is 5.32 Å². The number of nitrogens with zero attached hydrogens (tertiary/aromatic N) is 1. The third-order valence-electron chi connectivity index (χ3n) is 5.20. The number of aryl methyl sites for hydroxylation is 1. The molecule has 0 saturated carbocycles. The molecular formula is C23H18F3N3O3S. The molecule has 0 bridgehead atoms. The number of primary sulfonamides is 1. The molecule has 4 rings (SSSR count). The summed E-state index contributed by atoms with van der Waals surface area (Å²) >= 11 is 0. The van der Waals surface area contributed by atoms with Gasteiger partial charge in [0.05, 0.1) is 34.0 Å². The van der Waals surface area contributed by atoms with Crippen molar-refractivity contribution in [3.05, 3.63) is 77.4 Å². The van der Waals surface area contributed by atoms with E-state index in [0.29, 0.717) is 22.4 Å². The van der Waals surface area contributed by atoms with Crippen LogP contribution in [0, 0.1) is 6.92 Å². The zero-order valence-electron chi connectivity index (χ0n) is 17.3. The average Bonchev–Trinajstić information content (AvgIpc) is 2.90. The van der Waals surface area contributed by atoms with E-state index in [-0.39, 0.29) is 28.3 Å². The van der Waals surface area contributed by atoms with Crippen molar-refractivity contribution in [2.45, 2.75) is 24.4 Å². The van der Waals surface area contributed by atoms with Crippen molar-refractivity contribution in [1.82, 2.24) is 0 Å². The van der Waals surface area contributed by atoms with Crippen LogP contribution >= 0.6 is 0 Å². The predicted octanol–water partition coefficient (Wildman–Crippen LogP) is 4.79. The van der Waals surface area contributed by atoms with Gasteiger partial charge in [-0.2, -0.15) is 13.2 Å². The fourth-order valence-corrected chi connectivity index (χ4v) is 4.18. The second-order valence-electron chi connectivity index (χ2n) is 7.62. The molecule has 10 heteroatoms. The molecule has 3 aromatic carbocycles. The maximum atomic E-state index is 13.3. The fraction of sp³-hybridized carbons (Fsp3) is 0.130. The van der Waals surface area contributed by atoms with Crippen molar-refractivity contribution in [2.24, 2.45) is 10.1 Å². The van der Waals surface area contributed by atoms with Gasteiger partial charge in [-0.1, -0.05) is 30.3 Å². The Bertz CT molecular complexity index is 1410. The van der Waals surface area contributed by atoms with E-state index in [9.17, 15) is 26.4 Å². The number of nitrogens with one attached hydrogen (secondary N) is 1. The van der Waals surface area contributed by atoms with Crippen LogP contribution in [0.5, 0.6) is 0 Å². The molecule has 6 nitrogen and oxygen atoms in total. The number of hydrogen-bond donors (Lipinski definition) is 2. The van der Waals surface area contributed by atoms with Gasteiger partial charge in [0.2, 0.25) is 15.9 Å². The number of amides is 1. The second-order valence-corrected chi connectivity index (χ2v) is 9.18. The van der Waals surface area contributed by atoms with Gasteiger partial charge in [0, 0.05) is 0 Å². The van der Waals surface area contributed by atoms with Gasteiger partial charge >= 0.3 is 6.18 Å². The van der Waals surface area contributed by atoms with Gasteiger partial charge in [-0.15, -0.1) is 0 Å². The lowest BCUT2D eigenvalue weighted by molar-refractivity contribution is -0.138. The third-order valence-corrected chi connectivity index (χ3v) is 6.11. The van der Waals surface area contributed by atoms with Gasteiger partial charge in [-0.05, 0) is 59.5 Å². The van der Waals surface area contributed by atoms with Gasteiger partial charge < -0.3 is 5.32 Å². The number of carbonyl (C=O) groups is 1. The quantitative estimate of drug-likeness (QED) is 0.572. The number of halogens is 3. The first-order chi connectivity index (χ1) is 15.4. The maximum Gasteiger partial charge on any atom is 0.416 e. The molecule has 3 aromatic rings. The minimum Gasteiger partial charge on any atom is -0.324 e. The Morgan fingerprint density at radius 1 is 0.970 bits per heavy atom. The Morgan fingerprint density at radius 2 is 1.61 bits per heavy atom. The van der Waals surface area contributed by atoms with Gasteiger partial charge in [0.1, 0.15) is 0 Å². The van der Waals surface area contributed by atoms with Crippen molar-refractivity contribution >= 4 is 33.0 Å². The minimum absolute atomic E-state index is 0.00550. The Hall–Kier alpha value is -3.50. The van der Waals surface area contributed by atoms with Crippen molar-refractivity contribution in [3.63, 3.8) is 0 Å². The van der Waals surface area contributed by atoms with Crippen LogP contribution in [0.2, 0.25) is 0 Å². The zero-order chi connectivity index (χ0) is 24.0. The number of fused-ring (bicyclic) bond motifs is 1. The number of hydrogen-bond acceptors (Lipinski definition) is 4. The molecule has 170 valence electrons. The Kier molecular flexibility index (Phi) is 5.59. The van der Waals surface area contributed by atoms with Crippen LogP contribution in [0.3, 0.4) is 0 Å². The van der Waals surface area contributed by atoms with E-state index < -0.39 is 27.7 Å². The first kappa shape index (κ1) is 22.7. The molecule has 0 radical (unpaired) electrons. The van der Waals surface area contributed by atoms with Gasteiger partial charge in [0.25, 0.3) is 0 Å². The number of benzene rings is 3. The van der Waals surface area contributed by atoms with E-state index in [1.807, 2.05) is 0 Å². The molecule has 1 heterocycles. The van der Waals surface area contributed by atoms with Crippen molar-refractivity contribution in [1.29, 1.82) is 0 Å². The molecule has 3 N–H and O–H groups in total. The molecule has 0 aromatic heterocycles. The summed E-state index contributed by atoms with van der Waals surface area (Å²) < 4.78 is 63.2. The van der Waals surface area contributed by atoms with Crippen LogP contribution < -0.4 is 10.5 Å². The molecule has 1 aliphatic rings. The highest BCUT2D eigenvalue weighted by Gasteiger charge is 2.34. The highest BCUT2D eigenvalue weighted by molar-refractivity contribution is 7.89. The Balaban J connectivity index is 1.79. The summed E-state index contributed by atoms with van der Waals surface area (Å²) in [5.41, 5.74) is 1.57. The van der Waals surface area contributed by atoms with Crippen LogP contribution in [0.25, 0.3) is 11.1 Å². The monoisotopic (exact) mass is 473 g/mol. The zero-order valence-corrected chi connectivity index (χ0v) is 18.1. The molecule has 1 amide bonds. The number of nitrogens with two attached hydrogens (primary N) is 1. The minimum atomic E-state index is -4.55. The van der Waals surface area contributed by atoms with Crippen LogP contribution in [0.15, 0.2) is 70.6 Å². The molecule has 0 saturated heterocycles. The fourth-order valence-electron chi connectivity index (χ4n) is 3.62. The van der Waals surface area contributed by atoms with E-state index in [2.05, 4.69) is 10.3 Å². The number of sulfonamides is 1. The summed E-state index contributed by atoms with van der Waals surface area (Å²) in [5, 5.41) is 7.71. The normalized spacial score (nSPS) is 14.2. The predicted molar refractivity (Wildman–Crippen MR) is 119 cm³/mol. The van der Waals surface area contributed by atoms with E-state index in [1.165, 1.54) is 25.1 Å². The lowest BCUT2D eigenvalue weighted by Gasteiger charge is -2.13. The molecule has 33 heavy (non-hydrogen) atoms. The highest BCUT2D eigenvalue weighted by Crippen LogP contribution is 2.39. The molecule has 0 fully saturated rings. The van der Waals surface area contributed by atoms with Crippen LogP contribution in [-0.4, -0.2) is 20.0 Å². The number of carbonyl (C=O) groups excluding carboxylic acids is 1. The van der Waals surface area contributed by atoms with E-state index in [1.54, 1.807) is 36.4 Å². The summed E-state index contributed by atoms with van der Waals surface area (Å²) in [4.78, 5) is 16.9.